The van der Waals surface area contributed by atoms with Crippen LogP contribution in [0.5, 0.6) is 0 Å². The molecule has 1 aliphatic rings. The molecule has 1 amide bonds. The minimum atomic E-state index is -0.0901. The van der Waals surface area contributed by atoms with Crippen LogP contribution in [0.15, 0.2) is 61.3 Å². The first-order valence-electron chi connectivity index (χ1n) is 8.69. The maximum absolute atomic E-state index is 12.4. The van der Waals surface area contributed by atoms with Crippen LogP contribution in [0, 0.1) is 5.92 Å². The van der Waals surface area contributed by atoms with Crippen molar-refractivity contribution in [3.63, 3.8) is 0 Å². The highest BCUT2D eigenvalue weighted by molar-refractivity contribution is 5.93. The average Bonchev–Trinajstić information content (AvgIpc) is 3.37. The summed E-state index contributed by atoms with van der Waals surface area (Å²) in [7, 11) is 0. The minimum Gasteiger partial charge on any atom is -0.356 e. The van der Waals surface area contributed by atoms with Crippen LogP contribution in [-0.4, -0.2) is 45.3 Å². The lowest BCUT2D eigenvalue weighted by Crippen LogP contribution is -2.31. The summed E-state index contributed by atoms with van der Waals surface area (Å²) in [6, 6.07) is 11.7. The molecule has 1 aliphatic heterocycles. The zero-order valence-electron chi connectivity index (χ0n) is 14.3. The van der Waals surface area contributed by atoms with Crippen LogP contribution in [-0.2, 0) is 0 Å². The molecule has 0 spiro atoms. The van der Waals surface area contributed by atoms with Gasteiger partial charge in [0.05, 0.1) is 17.4 Å². The number of hydrogen-bond donors (Lipinski definition) is 1. The normalized spacial score (nSPS) is 16.6. The number of amides is 1. The molecule has 0 bridgehead atoms. The number of nitrogens with one attached hydrogen (secondary N) is 1. The summed E-state index contributed by atoms with van der Waals surface area (Å²) in [5.74, 6) is 1.27. The van der Waals surface area contributed by atoms with E-state index < -0.39 is 0 Å². The molecule has 1 fully saturated rings. The molecule has 7 heteroatoms. The fraction of sp³-hybridized carbons (Fsp3) is 0.263. The minimum absolute atomic E-state index is 0.0901. The Balaban J connectivity index is 1.32. The molecule has 2 aromatic heterocycles. The molecule has 1 N–H and O–H groups in total. The van der Waals surface area contributed by atoms with Crippen LogP contribution in [0.3, 0.4) is 0 Å². The van der Waals surface area contributed by atoms with Crippen LogP contribution in [0.25, 0.3) is 5.69 Å². The second kappa shape index (κ2) is 7.35. The van der Waals surface area contributed by atoms with Gasteiger partial charge in [0.15, 0.2) is 0 Å². The second-order valence-electron chi connectivity index (χ2n) is 6.39. The molecule has 7 nitrogen and oxygen atoms in total. The monoisotopic (exact) mass is 348 g/mol. The summed E-state index contributed by atoms with van der Waals surface area (Å²) in [5, 5.41) is 7.30. The van der Waals surface area contributed by atoms with Crippen molar-refractivity contribution in [3.8, 4) is 5.69 Å². The maximum Gasteiger partial charge on any atom is 0.254 e. The van der Waals surface area contributed by atoms with E-state index in [9.17, 15) is 4.79 Å². The Labute approximate surface area is 151 Å². The summed E-state index contributed by atoms with van der Waals surface area (Å²) in [5.41, 5.74) is 1.50. The first-order chi connectivity index (χ1) is 12.8. The smallest absolute Gasteiger partial charge is 0.254 e. The standard InChI is InChI=1S/C19H20N6O/c26-19(16-11-23-25(13-16)17-4-2-1-3-5-17)21-10-15-7-9-24(12-15)18-6-8-20-14-22-18/h1-6,8,11,13-15H,7,9-10,12H2,(H,21,26). The number of rotatable bonds is 5. The Bertz CT molecular complexity index is 864. The summed E-state index contributed by atoms with van der Waals surface area (Å²) < 4.78 is 1.71. The Morgan fingerprint density at radius 2 is 2.12 bits per heavy atom. The quantitative estimate of drug-likeness (QED) is 0.762. The van der Waals surface area contributed by atoms with Crippen LogP contribution in [0.4, 0.5) is 5.82 Å². The highest BCUT2D eigenvalue weighted by atomic mass is 16.1. The zero-order valence-corrected chi connectivity index (χ0v) is 14.3. The number of para-hydroxylation sites is 1. The van der Waals surface area contributed by atoms with Crippen molar-refractivity contribution < 1.29 is 4.79 Å². The largest absolute Gasteiger partial charge is 0.356 e. The van der Waals surface area contributed by atoms with Gasteiger partial charge in [-0.3, -0.25) is 4.79 Å². The third-order valence-corrected chi connectivity index (χ3v) is 4.59. The zero-order chi connectivity index (χ0) is 17.8. The van der Waals surface area contributed by atoms with Crippen molar-refractivity contribution >= 4 is 11.7 Å². The van der Waals surface area contributed by atoms with Gasteiger partial charge < -0.3 is 10.2 Å². The van der Waals surface area contributed by atoms with Gasteiger partial charge >= 0.3 is 0 Å². The van der Waals surface area contributed by atoms with Gasteiger partial charge in [-0.05, 0) is 30.5 Å². The van der Waals surface area contributed by atoms with Gasteiger partial charge in [-0.15, -0.1) is 0 Å². The number of carbonyl (C=O) groups excluding carboxylic acids is 1. The van der Waals surface area contributed by atoms with Crippen LogP contribution in [0.1, 0.15) is 16.8 Å². The molecule has 1 unspecified atom stereocenters. The first-order valence-corrected chi connectivity index (χ1v) is 8.69. The highest BCUT2D eigenvalue weighted by Crippen LogP contribution is 2.21. The average molecular weight is 348 g/mol. The molecule has 1 saturated heterocycles. The number of anilines is 1. The Morgan fingerprint density at radius 3 is 2.92 bits per heavy atom. The van der Waals surface area contributed by atoms with E-state index in [1.807, 2.05) is 36.4 Å². The molecule has 1 atom stereocenters. The third-order valence-electron chi connectivity index (χ3n) is 4.59. The third kappa shape index (κ3) is 3.56. The van der Waals surface area contributed by atoms with Crippen LogP contribution < -0.4 is 10.2 Å². The molecular formula is C19H20N6O. The van der Waals surface area contributed by atoms with E-state index in [0.717, 1.165) is 31.0 Å². The summed E-state index contributed by atoms with van der Waals surface area (Å²) in [6.45, 7) is 2.49. The topological polar surface area (TPSA) is 75.9 Å². The van der Waals surface area contributed by atoms with E-state index in [0.29, 0.717) is 18.0 Å². The van der Waals surface area contributed by atoms with Crippen LogP contribution >= 0.6 is 0 Å². The molecule has 4 rings (SSSR count). The first kappa shape index (κ1) is 16.3. The molecule has 0 aliphatic carbocycles. The van der Waals surface area contributed by atoms with E-state index in [4.69, 9.17) is 0 Å². The van der Waals surface area contributed by atoms with E-state index in [2.05, 4.69) is 25.3 Å². The second-order valence-corrected chi connectivity index (χ2v) is 6.39. The predicted octanol–water partition coefficient (Wildman–Crippen LogP) is 1.92. The Kier molecular flexibility index (Phi) is 4.59. The number of aromatic nitrogens is 4. The van der Waals surface area contributed by atoms with Gasteiger partial charge in [0, 0.05) is 32.0 Å². The predicted molar refractivity (Wildman–Crippen MR) is 98.2 cm³/mol. The fourth-order valence-electron chi connectivity index (χ4n) is 3.18. The van der Waals surface area contributed by atoms with E-state index in [1.54, 1.807) is 29.6 Å². The van der Waals surface area contributed by atoms with Gasteiger partial charge in [-0.25, -0.2) is 14.6 Å². The molecule has 3 heterocycles. The van der Waals surface area contributed by atoms with Crippen molar-refractivity contribution in [2.45, 2.75) is 6.42 Å². The maximum atomic E-state index is 12.4. The SMILES string of the molecule is O=C(NCC1CCN(c2ccncn2)C1)c1cnn(-c2ccccc2)c1. The van der Waals surface area contributed by atoms with Gasteiger partial charge in [0.2, 0.25) is 0 Å². The number of nitrogens with zero attached hydrogens (tertiary/aromatic N) is 5. The fourth-order valence-corrected chi connectivity index (χ4v) is 3.18. The van der Waals surface area contributed by atoms with Crippen molar-refractivity contribution in [2.75, 3.05) is 24.5 Å². The molecule has 132 valence electrons. The molecule has 26 heavy (non-hydrogen) atoms. The highest BCUT2D eigenvalue weighted by Gasteiger charge is 2.24. The van der Waals surface area contributed by atoms with E-state index in [-0.39, 0.29) is 5.91 Å². The summed E-state index contributed by atoms with van der Waals surface area (Å²) in [6.07, 6.45) is 7.71. The van der Waals surface area contributed by atoms with Crippen molar-refractivity contribution in [1.29, 1.82) is 0 Å². The van der Waals surface area contributed by atoms with Crippen molar-refractivity contribution in [2.24, 2.45) is 5.92 Å². The molecule has 1 aromatic carbocycles. The number of benzene rings is 1. The lowest BCUT2D eigenvalue weighted by atomic mass is 10.1. The van der Waals surface area contributed by atoms with Crippen molar-refractivity contribution in [1.82, 2.24) is 25.1 Å². The molecular weight excluding hydrogens is 328 g/mol. The van der Waals surface area contributed by atoms with E-state index >= 15 is 0 Å². The molecule has 3 aromatic rings. The molecule has 0 radical (unpaired) electrons. The lowest BCUT2D eigenvalue weighted by Gasteiger charge is -2.17. The van der Waals surface area contributed by atoms with Gasteiger partial charge in [0.1, 0.15) is 12.1 Å². The van der Waals surface area contributed by atoms with Crippen molar-refractivity contribution in [3.05, 3.63) is 66.9 Å². The van der Waals surface area contributed by atoms with E-state index in [1.165, 1.54) is 0 Å². The van der Waals surface area contributed by atoms with Crippen LogP contribution in [0.2, 0.25) is 0 Å². The summed E-state index contributed by atoms with van der Waals surface area (Å²) in [4.78, 5) is 22.9. The number of carbonyl (C=O) groups is 1. The van der Waals surface area contributed by atoms with Gasteiger partial charge in [-0.1, -0.05) is 18.2 Å². The molecule has 0 saturated carbocycles. The summed E-state index contributed by atoms with van der Waals surface area (Å²) >= 11 is 0. The Hall–Kier alpha value is -3.22. The lowest BCUT2D eigenvalue weighted by molar-refractivity contribution is 0.0948. The Morgan fingerprint density at radius 1 is 1.23 bits per heavy atom. The number of hydrogen-bond acceptors (Lipinski definition) is 5. The van der Waals surface area contributed by atoms with Gasteiger partial charge in [-0.2, -0.15) is 5.10 Å². The van der Waals surface area contributed by atoms with Gasteiger partial charge in [0.25, 0.3) is 5.91 Å².